The standard InChI is InChI=1S/C16H29N3O2/c17-9-8-12-4-3-5-13(10-12)16(21)19(11-15(18)20)14-6-1-2-7-14/h12-14H,1-11,17H2,(H2,18,20). The van der Waals surface area contributed by atoms with E-state index in [1.54, 1.807) is 4.90 Å². The summed E-state index contributed by atoms with van der Waals surface area (Å²) in [7, 11) is 0. The summed E-state index contributed by atoms with van der Waals surface area (Å²) in [6, 6.07) is 0.222. The van der Waals surface area contributed by atoms with Crippen LogP contribution in [0.3, 0.4) is 0 Å². The highest BCUT2D eigenvalue weighted by molar-refractivity contribution is 5.85. The molecule has 2 unspecified atom stereocenters. The summed E-state index contributed by atoms with van der Waals surface area (Å²) in [5, 5.41) is 0. The Labute approximate surface area is 127 Å². The maximum atomic E-state index is 12.9. The van der Waals surface area contributed by atoms with Crippen molar-refractivity contribution >= 4 is 11.8 Å². The van der Waals surface area contributed by atoms with Gasteiger partial charge >= 0.3 is 0 Å². The first-order valence-electron chi connectivity index (χ1n) is 8.40. The predicted octanol–water partition coefficient (Wildman–Crippen LogP) is 1.40. The highest BCUT2D eigenvalue weighted by atomic mass is 16.2. The summed E-state index contributed by atoms with van der Waals surface area (Å²) >= 11 is 0. The van der Waals surface area contributed by atoms with Crippen LogP contribution in [0.1, 0.15) is 57.8 Å². The van der Waals surface area contributed by atoms with Crippen molar-refractivity contribution in [2.75, 3.05) is 13.1 Å². The molecule has 0 heterocycles. The molecular weight excluding hydrogens is 266 g/mol. The quantitative estimate of drug-likeness (QED) is 0.776. The lowest BCUT2D eigenvalue weighted by Gasteiger charge is -2.35. The van der Waals surface area contributed by atoms with Crippen LogP contribution in [0.4, 0.5) is 0 Å². The van der Waals surface area contributed by atoms with Gasteiger partial charge < -0.3 is 16.4 Å². The van der Waals surface area contributed by atoms with E-state index in [2.05, 4.69) is 0 Å². The van der Waals surface area contributed by atoms with Gasteiger partial charge in [0.1, 0.15) is 0 Å². The molecule has 5 heteroatoms. The fourth-order valence-electron chi connectivity index (χ4n) is 4.02. The Kier molecular flexibility index (Phi) is 6.03. The van der Waals surface area contributed by atoms with Crippen molar-refractivity contribution in [1.29, 1.82) is 0 Å². The Morgan fingerprint density at radius 1 is 1.05 bits per heavy atom. The summed E-state index contributed by atoms with van der Waals surface area (Å²) in [6.07, 6.45) is 9.47. The third-order valence-corrected chi connectivity index (χ3v) is 5.08. The molecule has 2 aliphatic rings. The van der Waals surface area contributed by atoms with E-state index in [1.165, 1.54) is 6.42 Å². The monoisotopic (exact) mass is 295 g/mol. The second-order valence-electron chi connectivity index (χ2n) is 6.68. The normalized spacial score (nSPS) is 26.7. The van der Waals surface area contributed by atoms with E-state index in [0.717, 1.165) is 51.4 Å². The van der Waals surface area contributed by atoms with Crippen molar-refractivity contribution in [1.82, 2.24) is 4.90 Å². The summed E-state index contributed by atoms with van der Waals surface area (Å²) in [4.78, 5) is 26.0. The number of primary amides is 1. The zero-order valence-electron chi connectivity index (χ0n) is 12.9. The topological polar surface area (TPSA) is 89.4 Å². The van der Waals surface area contributed by atoms with Gasteiger partial charge in [-0.05, 0) is 44.6 Å². The Morgan fingerprint density at radius 2 is 1.76 bits per heavy atom. The fourth-order valence-corrected chi connectivity index (χ4v) is 4.02. The number of nitrogens with zero attached hydrogens (tertiary/aromatic N) is 1. The van der Waals surface area contributed by atoms with E-state index in [0.29, 0.717) is 12.5 Å². The van der Waals surface area contributed by atoms with E-state index < -0.39 is 5.91 Å². The zero-order chi connectivity index (χ0) is 15.2. The lowest BCUT2D eigenvalue weighted by Crippen LogP contribution is -2.47. The van der Waals surface area contributed by atoms with Crippen LogP contribution < -0.4 is 11.5 Å². The van der Waals surface area contributed by atoms with E-state index >= 15 is 0 Å². The van der Waals surface area contributed by atoms with Gasteiger partial charge in [0.05, 0.1) is 6.54 Å². The molecule has 0 saturated heterocycles. The molecule has 5 nitrogen and oxygen atoms in total. The minimum atomic E-state index is -0.399. The lowest BCUT2D eigenvalue weighted by atomic mass is 9.79. The van der Waals surface area contributed by atoms with Crippen LogP contribution in [0.15, 0.2) is 0 Å². The van der Waals surface area contributed by atoms with Crippen molar-refractivity contribution < 1.29 is 9.59 Å². The Balaban J connectivity index is 2.00. The molecular formula is C16H29N3O2. The molecule has 2 amide bonds. The summed E-state index contributed by atoms with van der Waals surface area (Å²) in [5.41, 5.74) is 11.0. The number of carbonyl (C=O) groups is 2. The first kappa shape index (κ1) is 16.3. The molecule has 2 saturated carbocycles. The van der Waals surface area contributed by atoms with Gasteiger partial charge in [-0.3, -0.25) is 9.59 Å². The number of amides is 2. The highest BCUT2D eigenvalue weighted by Crippen LogP contribution is 2.33. The van der Waals surface area contributed by atoms with Crippen molar-refractivity contribution in [2.45, 2.75) is 63.8 Å². The third-order valence-electron chi connectivity index (χ3n) is 5.08. The average Bonchev–Trinajstić information content (AvgIpc) is 2.98. The van der Waals surface area contributed by atoms with Crippen molar-refractivity contribution in [3.05, 3.63) is 0 Å². The lowest BCUT2D eigenvalue weighted by molar-refractivity contribution is -0.142. The first-order chi connectivity index (χ1) is 10.1. The minimum absolute atomic E-state index is 0.0650. The van der Waals surface area contributed by atoms with E-state index in [1.807, 2.05) is 0 Å². The van der Waals surface area contributed by atoms with Crippen LogP contribution >= 0.6 is 0 Å². The summed E-state index contributed by atoms with van der Waals surface area (Å²) in [6.45, 7) is 0.779. The molecule has 0 aromatic heterocycles. The Bertz CT molecular complexity index is 365. The van der Waals surface area contributed by atoms with E-state index in [4.69, 9.17) is 11.5 Å². The molecule has 4 N–H and O–H groups in total. The number of hydrogen-bond acceptors (Lipinski definition) is 3. The molecule has 0 spiro atoms. The van der Waals surface area contributed by atoms with Gasteiger partial charge in [0, 0.05) is 12.0 Å². The van der Waals surface area contributed by atoms with Gasteiger partial charge in [-0.1, -0.05) is 25.7 Å². The molecule has 0 aliphatic heterocycles. The zero-order valence-corrected chi connectivity index (χ0v) is 12.9. The molecule has 0 aromatic rings. The number of nitrogens with two attached hydrogens (primary N) is 2. The van der Waals surface area contributed by atoms with E-state index in [-0.39, 0.29) is 24.4 Å². The van der Waals surface area contributed by atoms with Crippen molar-refractivity contribution in [3.63, 3.8) is 0 Å². The fraction of sp³-hybridized carbons (Fsp3) is 0.875. The van der Waals surface area contributed by atoms with Gasteiger partial charge in [-0.2, -0.15) is 0 Å². The van der Waals surface area contributed by atoms with Crippen LogP contribution in [-0.4, -0.2) is 35.8 Å². The van der Waals surface area contributed by atoms with Crippen LogP contribution in [0.25, 0.3) is 0 Å². The summed E-state index contributed by atoms with van der Waals surface area (Å²) in [5.74, 6) is 0.388. The summed E-state index contributed by atoms with van der Waals surface area (Å²) < 4.78 is 0. The van der Waals surface area contributed by atoms with Crippen LogP contribution in [0, 0.1) is 11.8 Å². The maximum Gasteiger partial charge on any atom is 0.237 e. The van der Waals surface area contributed by atoms with Crippen molar-refractivity contribution in [2.24, 2.45) is 23.3 Å². The molecule has 21 heavy (non-hydrogen) atoms. The molecule has 2 aliphatic carbocycles. The van der Waals surface area contributed by atoms with Crippen LogP contribution in [0.2, 0.25) is 0 Å². The van der Waals surface area contributed by atoms with Crippen molar-refractivity contribution in [3.8, 4) is 0 Å². The SMILES string of the molecule is NCCC1CCCC(C(=O)N(CC(N)=O)C2CCCC2)C1. The van der Waals surface area contributed by atoms with Gasteiger partial charge in [0.2, 0.25) is 11.8 Å². The number of rotatable bonds is 6. The molecule has 2 atom stereocenters. The van der Waals surface area contributed by atoms with Gasteiger partial charge in [-0.15, -0.1) is 0 Å². The third kappa shape index (κ3) is 4.43. The molecule has 2 fully saturated rings. The Hall–Kier alpha value is -1.10. The molecule has 2 rings (SSSR count). The second-order valence-corrected chi connectivity index (χ2v) is 6.68. The largest absolute Gasteiger partial charge is 0.368 e. The second kappa shape index (κ2) is 7.78. The number of carbonyl (C=O) groups excluding carboxylic acids is 2. The average molecular weight is 295 g/mol. The number of hydrogen-bond donors (Lipinski definition) is 2. The van der Waals surface area contributed by atoms with Gasteiger partial charge in [0.15, 0.2) is 0 Å². The minimum Gasteiger partial charge on any atom is -0.368 e. The maximum absolute atomic E-state index is 12.9. The molecule has 0 aromatic carbocycles. The Morgan fingerprint density at radius 3 is 2.38 bits per heavy atom. The molecule has 0 radical (unpaired) electrons. The van der Waals surface area contributed by atoms with Gasteiger partial charge in [0.25, 0.3) is 0 Å². The van der Waals surface area contributed by atoms with E-state index in [9.17, 15) is 9.59 Å². The highest BCUT2D eigenvalue weighted by Gasteiger charge is 2.34. The smallest absolute Gasteiger partial charge is 0.237 e. The van der Waals surface area contributed by atoms with Crippen LogP contribution in [-0.2, 0) is 9.59 Å². The molecule has 120 valence electrons. The van der Waals surface area contributed by atoms with Gasteiger partial charge in [-0.25, -0.2) is 0 Å². The first-order valence-corrected chi connectivity index (χ1v) is 8.40. The predicted molar refractivity (Wildman–Crippen MR) is 82.3 cm³/mol. The van der Waals surface area contributed by atoms with Crippen LogP contribution in [0.5, 0.6) is 0 Å². The molecule has 0 bridgehead atoms.